The van der Waals surface area contributed by atoms with E-state index >= 15 is 0 Å². The topological polar surface area (TPSA) is 16.4 Å². The van der Waals surface area contributed by atoms with Gasteiger partial charge in [-0.15, -0.1) is 0 Å². The molecule has 0 aliphatic heterocycles. The van der Waals surface area contributed by atoms with Crippen molar-refractivity contribution in [2.24, 2.45) is 0 Å². The van der Waals surface area contributed by atoms with Crippen LogP contribution in [0.5, 0.6) is 0 Å². The average Bonchev–Trinajstić information content (AvgIpc) is 3.24. The summed E-state index contributed by atoms with van der Waals surface area (Å²) in [6, 6.07) is 42.6. The number of nitrogens with zero attached hydrogens (tertiary/aromatic N) is 1. The van der Waals surface area contributed by atoms with E-state index in [0.717, 1.165) is 39.0 Å². The second kappa shape index (κ2) is 7.99. The Kier molecular flexibility index (Phi) is 4.70. The van der Waals surface area contributed by atoms with Crippen molar-refractivity contribution in [1.29, 1.82) is 0 Å². The Balaban J connectivity index is 1.47. The molecule has 0 amide bonds. The van der Waals surface area contributed by atoms with Crippen LogP contribution in [0.15, 0.2) is 126 Å². The monoisotopic (exact) mass is 425 g/mol. The van der Waals surface area contributed by atoms with E-state index in [4.69, 9.17) is 4.42 Å². The van der Waals surface area contributed by atoms with Gasteiger partial charge >= 0.3 is 0 Å². The molecule has 0 aliphatic carbocycles. The molecule has 6 aromatic rings. The minimum absolute atomic E-state index is 0.905. The maximum atomic E-state index is 6.05. The molecule has 5 aromatic carbocycles. The Morgan fingerprint density at radius 3 is 1.82 bits per heavy atom. The minimum atomic E-state index is 0.905. The maximum absolute atomic E-state index is 6.05. The molecule has 0 bridgehead atoms. The smallest absolute Gasteiger partial charge is 0.135 e. The van der Waals surface area contributed by atoms with Gasteiger partial charge in [-0.25, -0.2) is 0 Å². The first-order valence-electron chi connectivity index (χ1n) is 11.2. The van der Waals surface area contributed by atoms with Crippen molar-refractivity contribution in [3.05, 3.63) is 127 Å². The van der Waals surface area contributed by atoms with Gasteiger partial charge in [-0.1, -0.05) is 78.4 Å². The highest BCUT2D eigenvalue weighted by Crippen LogP contribution is 2.39. The fraction of sp³-hybridized carbons (Fsp3) is 0.0323. The second-order valence-corrected chi connectivity index (χ2v) is 8.36. The highest BCUT2D eigenvalue weighted by molar-refractivity contribution is 6.06. The molecule has 1 aromatic heterocycles. The van der Waals surface area contributed by atoms with Crippen molar-refractivity contribution < 1.29 is 4.42 Å². The highest BCUT2D eigenvalue weighted by Gasteiger charge is 2.15. The van der Waals surface area contributed by atoms with Gasteiger partial charge in [-0.05, 0) is 66.6 Å². The standard InChI is InChI=1S/C31H23NO/c1-22-11-13-23(14-12-22)24-15-17-26(18-16-24)32(25-7-3-2-4-8-25)27-19-20-31-29(21-27)28-9-5-6-10-30(28)33-31/h2-21H,1H3. The number of rotatable bonds is 4. The molecular formula is C31H23NO. The van der Waals surface area contributed by atoms with E-state index in [1.54, 1.807) is 0 Å². The summed E-state index contributed by atoms with van der Waals surface area (Å²) in [5.74, 6) is 0. The average molecular weight is 426 g/mol. The van der Waals surface area contributed by atoms with E-state index in [0.29, 0.717) is 0 Å². The number of anilines is 3. The molecular weight excluding hydrogens is 402 g/mol. The van der Waals surface area contributed by atoms with Gasteiger partial charge in [-0.3, -0.25) is 0 Å². The first kappa shape index (κ1) is 19.4. The van der Waals surface area contributed by atoms with Crippen LogP contribution >= 0.6 is 0 Å². The predicted molar refractivity (Wildman–Crippen MR) is 139 cm³/mol. The lowest BCUT2D eigenvalue weighted by Crippen LogP contribution is -2.09. The van der Waals surface area contributed by atoms with Gasteiger partial charge in [0, 0.05) is 27.8 Å². The first-order valence-corrected chi connectivity index (χ1v) is 11.2. The lowest BCUT2D eigenvalue weighted by molar-refractivity contribution is 0.669. The summed E-state index contributed by atoms with van der Waals surface area (Å²) in [5.41, 5.74) is 8.86. The van der Waals surface area contributed by atoms with Gasteiger partial charge in [0.1, 0.15) is 11.2 Å². The van der Waals surface area contributed by atoms with Crippen LogP contribution in [0.25, 0.3) is 33.1 Å². The molecule has 0 radical (unpaired) electrons. The number of hydrogen-bond acceptors (Lipinski definition) is 2. The molecule has 0 saturated heterocycles. The summed E-state index contributed by atoms with van der Waals surface area (Å²) in [4.78, 5) is 2.29. The lowest BCUT2D eigenvalue weighted by Gasteiger charge is -2.25. The molecule has 0 aliphatic rings. The summed E-state index contributed by atoms with van der Waals surface area (Å²) >= 11 is 0. The Labute approximate surface area is 193 Å². The van der Waals surface area contributed by atoms with Crippen LogP contribution in [0.2, 0.25) is 0 Å². The quantitative estimate of drug-likeness (QED) is 0.280. The number of para-hydroxylation sites is 2. The normalized spacial score (nSPS) is 11.2. The Bertz CT molecular complexity index is 1540. The number of aryl methyl sites for hydroxylation is 1. The molecule has 0 atom stereocenters. The number of furan rings is 1. The fourth-order valence-corrected chi connectivity index (χ4v) is 4.43. The third kappa shape index (κ3) is 3.56. The third-order valence-electron chi connectivity index (χ3n) is 6.14. The first-order chi connectivity index (χ1) is 16.3. The Hall–Kier alpha value is -4.30. The summed E-state index contributed by atoms with van der Waals surface area (Å²) in [5, 5.41) is 2.26. The van der Waals surface area contributed by atoms with Gasteiger partial charge < -0.3 is 9.32 Å². The van der Waals surface area contributed by atoms with E-state index in [1.165, 1.54) is 16.7 Å². The van der Waals surface area contributed by atoms with E-state index in [9.17, 15) is 0 Å². The van der Waals surface area contributed by atoms with Crippen molar-refractivity contribution in [1.82, 2.24) is 0 Å². The van der Waals surface area contributed by atoms with Crippen LogP contribution in [-0.2, 0) is 0 Å². The number of fused-ring (bicyclic) bond motifs is 3. The summed E-state index contributed by atoms with van der Waals surface area (Å²) in [7, 11) is 0. The van der Waals surface area contributed by atoms with Gasteiger partial charge in [-0.2, -0.15) is 0 Å². The summed E-state index contributed by atoms with van der Waals surface area (Å²) in [6.45, 7) is 2.12. The molecule has 0 saturated carbocycles. The predicted octanol–water partition coefficient (Wildman–Crippen LogP) is 9.03. The zero-order valence-corrected chi connectivity index (χ0v) is 18.4. The fourth-order valence-electron chi connectivity index (χ4n) is 4.43. The van der Waals surface area contributed by atoms with Gasteiger partial charge in [0.2, 0.25) is 0 Å². The van der Waals surface area contributed by atoms with E-state index in [1.807, 2.05) is 12.1 Å². The second-order valence-electron chi connectivity index (χ2n) is 8.36. The van der Waals surface area contributed by atoms with Crippen molar-refractivity contribution in [2.45, 2.75) is 6.92 Å². The Morgan fingerprint density at radius 1 is 0.485 bits per heavy atom. The van der Waals surface area contributed by atoms with E-state index in [-0.39, 0.29) is 0 Å². The van der Waals surface area contributed by atoms with Crippen molar-refractivity contribution in [3.8, 4) is 11.1 Å². The van der Waals surface area contributed by atoms with Crippen LogP contribution in [-0.4, -0.2) is 0 Å². The van der Waals surface area contributed by atoms with Crippen LogP contribution in [0.4, 0.5) is 17.1 Å². The molecule has 158 valence electrons. The number of hydrogen-bond donors (Lipinski definition) is 0. The largest absolute Gasteiger partial charge is 0.456 e. The molecule has 0 fully saturated rings. The molecule has 2 heteroatoms. The zero-order chi connectivity index (χ0) is 22.2. The molecule has 33 heavy (non-hydrogen) atoms. The van der Waals surface area contributed by atoms with E-state index in [2.05, 4.69) is 121 Å². The minimum Gasteiger partial charge on any atom is -0.456 e. The van der Waals surface area contributed by atoms with Crippen molar-refractivity contribution in [3.63, 3.8) is 0 Å². The van der Waals surface area contributed by atoms with Crippen LogP contribution in [0.3, 0.4) is 0 Å². The van der Waals surface area contributed by atoms with E-state index < -0.39 is 0 Å². The molecule has 6 rings (SSSR count). The highest BCUT2D eigenvalue weighted by atomic mass is 16.3. The maximum Gasteiger partial charge on any atom is 0.135 e. The SMILES string of the molecule is Cc1ccc(-c2ccc(N(c3ccccc3)c3ccc4oc5ccccc5c4c3)cc2)cc1. The molecule has 0 N–H and O–H groups in total. The zero-order valence-electron chi connectivity index (χ0n) is 18.4. The molecule has 0 spiro atoms. The summed E-state index contributed by atoms with van der Waals surface area (Å²) < 4.78 is 6.05. The van der Waals surface area contributed by atoms with Crippen molar-refractivity contribution >= 4 is 39.0 Å². The van der Waals surface area contributed by atoms with Crippen LogP contribution in [0, 0.1) is 6.92 Å². The van der Waals surface area contributed by atoms with Gasteiger partial charge in [0.05, 0.1) is 0 Å². The third-order valence-corrected chi connectivity index (χ3v) is 6.14. The number of benzene rings is 5. The summed E-state index contributed by atoms with van der Waals surface area (Å²) in [6.07, 6.45) is 0. The molecule has 1 heterocycles. The van der Waals surface area contributed by atoms with Crippen LogP contribution in [0.1, 0.15) is 5.56 Å². The van der Waals surface area contributed by atoms with Crippen LogP contribution < -0.4 is 4.90 Å². The van der Waals surface area contributed by atoms with Gasteiger partial charge in [0.25, 0.3) is 0 Å². The molecule has 0 unspecified atom stereocenters. The van der Waals surface area contributed by atoms with Gasteiger partial charge in [0.15, 0.2) is 0 Å². The van der Waals surface area contributed by atoms with Crippen molar-refractivity contribution in [2.75, 3.05) is 4.90 Å². The lowest BCUT2D eigenvalue weighted by atomic mass is 10.0. The Morgan fingerprint density at radius 2 is 1.06 bits per heavy atom. The molecule has 2 nitrogen and oxygen atoms in total.